The number of carbonyl (C=O) groups is 3. The summed E-state index contributed by atoms with van der Waals surface area (Å²) in [5, 5.41) is 12.3. The van der Waals surface area contributed by atoms with Gasteiger partial charge in [0.2, 0.25) is 5.91 Å². The first kappa shape index (κ1) is 25.0. The highest BCUT2D eigenvalue weighted by Crippen LogP contribution is 2.30. The molecule has 7 heteroatoms. The fourth-order valence-electron chi connectivity index (χ4n) is 5.06. The van der Waals surface area contributed by atoms with Crippen molar-refractivity contribution in [2.45, 2.75) is 64.2 Å². The number of carbonyl (C=O) groups excluding carboxylic acids is 3. The Morgan fingerprint density at radius 2 is 1.97 bits per heavy atom. The van der Waals surface area contributed by atoms with Crippen LogP contribution < -0.4 is 5.32 Å². The van der Waals surface area contributed by atoms with Gasteiger partial charge in [0, 0.05) is 38.3 Å². The lowest BCUT2D eigenvalue weighted by Crippen LogP contribution is -2.42. The number of rotatable bonds is 9. The second-order valence-electron chi connectivity index (χ2n) is 9.54. The van der Waals surface area contributed by atoms with Crippen molar-refractivity contribution in [1.82, 2.24) is 10.2 Å². The first-order valence-corrected chi connectivity index (χ1v) is 12.1. The van der Waals surface area contributed by atoms with Gasteiger partial charge in [-0.1, -0.05) is 6.07 Å². The number of nitriles is 1. The van der Waals surface area contributed by atoms with E-state index in [-0.39, 0.29) is 41.8 Å². The standard InChI is InChI=1S/C26H34FN3O3/c1-18(31)13-23(20-5-6-21(16-28)24(27)14-20)15-25(32)22-3-2-12-30(17-22)26(33)7-4-19-8-10-29-11-9-19/h5-6,14,19,22-23,29H,2-4,7-13,15,17H2,1H3/t22-,23-/m1/s1. The molecule has 6 nitrogen and oxygen atoms in total. The number of amides is 1. The quantitative estimate of drug-likeness (QED) is 0.613. The number of hydrogen-bond acceptors (Lipinski definition) is 5. The zero-order valence-electron chi connectivity index (χ0n) is 19.4. The van der Waals surface area contributed by atoms with Gasteiger partial charge in [-0.25, -0.2) is 4.39 Å². The Morgan fingerprint density at radius 3 is 2.64 bits per heavy atom. The van der Waals surface area contributed by atoms with E-state index in [2.05, 4.69) is 5.32 Å². The predicted octanol–water partition coefficient (Wildman–Crippen LogP) is 3.74. The second kappa shape index (κ2) is 12.0. The Kier molecular flexibility index (Phi) is 9.13. The van der Waals surface area contributed by atoms with Gasteiger partial charge in [-0.15, -0.1) is 0 Å². The van der Waals surface area contributed by atoms with Crippen LogP contribution in [-0.4, -0.2) is 48.6 Å². The van der Waals surface area contributed by atoms with Gasteiger partial charge in [0.1, 0.15) is 23.5 Å². The predicted molar refractivity (Wildman–Crippen MR) is 123 cm³/mol. The molecule has 0 aliphatic carbocycles. The highest BCUT2D eigenvalue weighted by molar-refractivity contribution is 5.85. The summed E-state index contributed by atoms with van der Waals surface area (Å²) < 4.78 is 14.1. The molecule has 0 radical (unpaired) electrons. The number of benzene rings is 1. The van der Waals surface area contributed by atoms with Gasteiger partial charge in [0.15, 0.2) is 0 Å². The number of likely N-dealkylation sites (tertiary alicyclic amines) is 1. The van der Waals surface area contributed by atoms with Gasteiger partial charge in [0.25, 0.3) is 0 Å². The molecule has 3 rings (SSSR count). The zero-order chi connectivity index (χ0) is 23.8. The normalized spacial score (nSPS) is 20.2. The van der Waals surface area contributed by atoms with E-state index in [9.17, 15) is 18.8 Å². The van der Waals surface area contributed by atoms with Crippen molar-refractivity contribution < 1.29 is 18.8 Å². The molecule has 2 atom stereocenters. The van der Waals surface area contributed by atoms with Crippen LogP contribution in [0.25, 0.3) is 0 Å². The first-order valence-electron chi connectivity index (χ1n) is 12.1. The Bertz CT molecular complexity index is 905. The van der Waals surface area contributed by atoms with Crippen molar-refractivity contribution in [2.24, 2.45) is 11.8 Å². The summed E-state index contributed by atoms with van der Waals surface area (Å²) in [6.45, 7) is 4.61. The summed E-state index contributed by atoms with van der Waals surface area (Å²) in [5.41, 5.74) is 0.498. The largest absolute Gasteiger partial charge is 0.342 e. The molecule has 2 heterocycles. The maximum absolute atomic E-state index is 14.1. The number of halogens is 1. The van der Waals surface area contributed by atoms with Crippen molar-refractivity contribution in [3.63, 3.8) is 0 Å². The van der Waals surface area contributed by atoms with Gasteiger partial charge in [-0.3, -0.25) is 9.59 Å². The Hall–Kier alpha value is -2.59. The van der Waals surface area contributed by atoms with Crippen LogP contribution >= 0.6 is 0 Å². The second-order valence-corrected chi connectivity index (χ2v) is 9.54. The molecular formula is C26H34FN3O3. The highest BCUT2D eigenvalue weighted by Gasteiger charge is 2.30. The lowest BCUT2D eigenvalue weighted by atomic mass is 9.83. The Labute approximate surface area is 195 Å². The van der Waals surface area contributed by atoms with E-state index in [0.29, 0.717) is 31.0 Å². The van der Waals surface area contributed by atoms with Crippen molar-refractivity contribution in [3.8, 4) is 6.07 Å². The summed E-state index contributed by atoms with van der Waals surface area (Å²) >= 11 is 0. The van der Waals surface area contributed by atoms with Crippen LogP contribution in [0, 0.1) is 29.0 Å². The lowest BCUT2D eigenvalue weighted by molar-refractivity contribution is -0.135. The molecule has 1 aromatic carbocycles. The van der Waals surface area contributed by atoms with Crippen LogP contribution in [0.4, 0.5) is 4.39 Å². The van der Waals surface area contributed by atoms with Crippen LogP contribution in [0.2, 0.25) is 0 Å². The number of ketones is 2. The monoisotopic (exact) mass is 455 g/mol. The van der Waals surface area contributed by atoms with Gasteiger partial charge >= 0.3 is 0 Å². The molecule has 2 fully saturated rings. The summed E-state index contributed by atoms with van der Waals surface area (Å²) in [6.07, 6.45) is 5.45. The number of nitrogens with zero attached hydrogens (tertiary/aromatic N) is 2. The fourth-order valence-corrected chi connectivity index (χ4v) is 5.06. The molecule has 1 aromatic rings. The van der Waals surface area contributed by atoms with Crippen molar-refractivity contribution in [2.75, 3.05) is 26.2 Å². The Morgan fingerprint density at radius 1 is 1.21 bits per heavy atom. The molecule has 178 valence electrons. The van der Waals surface area contributed by atoms with Crippen LogP contribution in [0.15, 0.2) is 18.2 Å². The summed E-state index contributed by atoms with van der Waals surface area (Å²) in [5.74, 6) is -0.655. The topological polar surface area (TPSA) is 90.3 Å². The number of piperidine rings is 2. The smallest absolute Gasteiger partial charge is 0.222 e. The van der Waals surface area contributed by atoms with Crippen molar-refractivity contribution >= 4 is 17.5 Å². The van der Waals surface area contributed by atoms with Gasteiger partial charge < -0.3 is 15.0 Å². The highest BCUT2D eigenvalue weighted by atomic mass is 19.1. The van der Waals surface area contributed by atoms with E-state index >= 15 is 0 Å². The minimum absolute atomic E-state index is 0.0156. The Balaban J connectivity index is 1.59. The van der Waals surface area contributed by atoms with E-state index in [1.54, 1.807) is 12.1 Å². The number of hydrogen-bond donors (Lipinski definition) is 1. The molecule has 0 bridgehead atoms. The first-order chi connectivity index (χ1) is 15.9. The molecule has 1 amide bonds. The average molecular weight is 456 g/mol. The van der Waals surface area contributed by atoms with Crippen molar-refractivity contribution in [1.29, 1.82) is 5.26 Å². The molecule has 33 heavy (non-hydrogen) atoms. The molecule has 0 aromatic heterocycles. The van der Waals surface area contributed by atoms with E-state index in [4.69, 9.17) is 5.26 Å². The van der Waals surface area contributed by atoms with Gasteiger partial charge in [-0.05, 0) is 81.6 Å². The fraction of sp³-hybridized carbons (Fsp3) is 0.615. The molecule has 0 saturated carbocycles. The third-order valence-electron chi connectivity index (χ3n) is 7.02. The number of nitrogens with one attached hydrogen (secondary N) is 1. The molecule has 2 aliphatic heterocycles. The third-order valence-corrected chi connectivity index (χ3v) is 7.02. The molecule has 2 aliphatic rings. The molecular weight excluding hydrogens is 421 g/mol. The summed E-state index contributed by atoms with van der Waals surface area (Å²) in [4.78, 5) is 39.6. The number of Topliss-reactive ketones (excluding diaryl/α,β-unsaturated/α-hetero) is 2. The third kappa shape index (κ3) is 7.20. The van der Waals surface area contributed by atoms with E-state index in [0.717, 1.165) is 45.2 Å². The van der Waals surface area contributed by atoms with Crippen LogP contribution in [0.5, 0.6) is 0 Å². The van der Waals surface area contributed by atoms with Gasteiger partial charge in [0.05, 0.1) is 5.56 Å². The van der Waals surface area contributed by atoms with E-state index in [1.807, 2.05) is 4.90 Å². The molecule has 0 unspecified atom stereocenters. The maximum Gasteiger partial charge on any atom is 0.222 e. The van der Waals surface area contributed by atoms with Crippen LogP contribution in [0.3, 0.4) is 0 Å². The molecule has 2 saturated heterocycles. The molecule has 0 spiro atoms. The minimum atomic E-state index is -0.640. The van der Waals surface area contributed by atoms with E-state index < -0.39 is 11.7 Å². The SMILES string of the molecule is CC(=O)C[C@H](CC(=O)[C@@H]1CCCN(C(=O)CCC2CCNCC2)C1)c1ccc(C#N)c(F)c1. The molecule has 1 N–H and O–H groups in total. The zero-order valence-corrected chi connectivity index (χ0v) is 19.4. The summed E-state index contributed by atoms with van der Waals surface area (Å²) in [6, 6.07) is 6.07. The van der Waals surface area contributed by atoms with Crippen molar-refractivity contribution in [3.05, 3.63) is 35.1 Å². The maximum atomic E-state index is 14.1. The summed E-state index contributed by atoms with van der Waals surface area (Å²) in [7, 11) is 0. The van der Waals surface area contributed by atoms with Crippen LogP contribution in [-0.2, 0) is 14.4 Å². The lowest BCUT2D eigenvalue weighted by Gasteiger charge is -2.33. The average Bonchev–Trinajstić information content (AvgIpc) is 2.82. The van der Waals surface area contributed by atoms with Crippen LogP contribution in [0.1, 0.15) is 75.3 Å². The van der Waals surface area contributed by atoms with E-state index in [1.165, 1.54) is 19.1 Å². The van der Waals surface area contributed by atoms with Gasteiger partial charge in [-0.2, -0.15) is 5.26 Å². The minimum Gasteiger partial charge on any atom is -0.342 e.